The van der Waals surface area contributed by atoms with Gasteiger partial charge in [-0.15, -0.1) is 11.3 Å². The van der Waals surface area contributed by atoms with E-state index in [9.17, 15) is 9.59 Å². The van der Waals surface area contributed by atoms with Crippen LogP contribution >= 0.6 is 35.3 Å². The number of rotatable bonds is 5. The molecule has 4 nitrogen and oxygen atoms in total. The fraction of sp³-hybridized carbons (Fsp3) is 0.500. The zero-order valence-corrected chi connectivity index (χ0v) is 16.7. The van der Waals surface area contributed by atoms with Crippen molar-refractivity contribution in [1.29, 1.82) is 0 Å². The van der Waals surface area contributed by atoms with Crippen LogP contribution in [0.2, 0.25) is 0 Å². The van der Waals surface area contributed by atoms with Gasteiger partial charge in [0.1, 0.15) is 4.32 Å². The number of amides is 2. The fourth-order valence-electron chi connectivity index (χ4n) is 3.30. The minimum atomic E-state index is -0.0816. The van der Waals surface area contributed by atoms with E-state index in [1.165, 1.54) is 18.2 Å². The van der Waals surface area contributed by atoms with Gasteiger partial charge in [-0.1, -0.05) is 37.0 Å². The summed E-state index contributed by atoms with van der Waals surface area (Å²) in [5.41, 5.74) is 0. The van der Waals surface area contributed by atoms with E-state index >= 15 is 0 Å². The fourth-order valence-corrected chi connectivity index (χ4v) is 5.33. The molecule has 0 aliphatic carbocycles. The van der Waals surface area contributed by atoms with Crippen LogP contribution in [-0.4, -0.2) is 45.1 Å². The zero-order valence-electron chi connectivity index (χ0n) is 14.3. The van der Waals surface area contributed by atoms with Crippen molar-refractivity contribution in [1.82, 2.24) is 9.80 Å². The Morgan fingerprint density at radius 2 is 2.28 bits per heavy atom. The van der Waals surface area contributed by atoms with Crippen molar-refractivity contribution in [2.45, 2.75) is 45.1 Å². The van der Waals surface area contributed by atoms with Crippen LogP contribution < -0.4 is 0 Å². The van der Waals surface area contributed by atoms with Gasteiger partial charge >= 0.3 is 0 Å². The molecule has 2 fully saturated rings. The second-order valence-corrected chi connectivity index (χ2v) is 8.90. The number of thiocarbonyl (C=S) groups is 1. The Morgan fingerprint density at radius 3 is 3.00 bits per heavy atom. The van der Waals surface area contributed by atoms with Crippen LogP contribution in [0, 0.1) is 0 Å². The van der Waals surface area contributed by atoms with Crippen LogP contribution in [0.3, 0.4) is 0 Å². The van der Waals surface area contributed by atoms with Gasteiger partial charge < -0.3 is 4.90 Å². The first kappa shape index (κ1) is 18.6. The molecule has 0 saturated carbocycles. The lowest BCUT2D eigenvalue weighted by molar-refractivity contribution is -0.135. The molecule has 1 aromatic rings. The average molecular weight is 395 g/mol. The first-order chi connectivity index (χ1) is 12.1. The second-order valence-electron chi connectivity index (χ2n) is 6.24. The lowest BCUT2D eigenvalue weighted by Crippen LogP contribution is -2.44. The normalized spacial score (nSPS) is 22.9. The maximum atomic E-state index is 12.6. The molecule has 2 amide bonds. The molecule has 0 aromatic carbocycles. The Hall–Kier alpha value is -1.18. The quantitative estimate of drug-likeness (QED) is 0.556. The van der Waals surface area contributed by atoms with Crippen molar-refractivity contribution in [3.8, 4) is 0 Å². The molecule has 7 heteroatoms. The zero-order chi connectivity index (χ0) is 17.8. The molecule has 2 saturated heterocycles. The Labute approximate surface area is 162 Å². The van der Waals surface area contributed by atoms with E-state index in [0.717, 1.165) is 30.7 Å². The monoisotopic (exact) mass is 394 g/mol. The van der Waals surface area contributed by atoms with Gasteiger partial charge in [0.2, 0.25) is 5.91 Å². The number of likely N-dealkylation sites (tertiary alicyclic amines) is 1. The van der Waals surface area contributed by atoms with E-state index in [1.807, 2.05) is 28.5 Å². The summed E-state index contributed by atoms with van der Waals surface area (Å²) in [6.07, 6.45) is 6.58. The minimum Gasteiger partial charge on any atom is -0.340 e. The highest BCUT2D eigenvalue weighted by atomic mass is 32.2. The number of thiophene rings is 1. The summed E-state index contributed by atoms with van der Waals surface area (Å²) in [5, 5.41) is 1.98. The van der Waals surface area contributed by atoms with Crippen LogP contribution in [0.15, 0.2) is 22.4 Å². The molecule has 25 heavy (non-hydrogen) atoms. The van der Waals surface area contributed by atoms with Crippen LogP contribution in [0.4, 0.5) is 0 Å². The maximum absolute atomic E-state index is 12.6. The molecule has 0 radical (unpaired) electrons. The molecule has 3 heterocycles. The SMILES string of the molecule is CC[C@@H]1CCCCN1C(=O)CCN1C(=O)/C(=C/c2cccs2)SC1=S. The molecule has 0 spiro atoms. The third kappa shape index (κ3) is 4.33. The maximum Gasteiger partial charge on any atom is 0.266 e. The van der Waals surface area contributed by atoms with Crippen molar-refractivity contribution >= 4 is 57.5 Å². The van der Waals surface area contributed by atoms with Crippen LogP contribution in [0.25, 0.3) is 6.08 Å². The molecular formula is C18H22N2O2S3. The second kappa shape index (κ2) is 8.47. The van der Waals surface area contributed by atoms with E-state index < -0.39 is 0 Å². The largest absolute Gasteiger partial charge is 0.340 e. The first-order valence-corrected chi connectivity index (χ1v) is 10.8. The third-order valence-corrected chi connectivity index (χ3v) is 6.86. The predicted octanol–water partition coefficient (Wildman–Crippen LogP) is 4.13. The standard InChI is InChI=1S/C18H22N2O2S3/c1-2-13-6-3-4-9-19(13)16(21)8-10-20-17(22)15(25-18(20)23)12-14-7-5-11-24-14/h5,7,11-13H,2-4,6,8-10H2,1H3/b15-12-/t13-/m1/s1. The van der Waals surface area contributed by atoms with Crippen LogP contribution in [0.1, 0.15) is 43.9 Å². The summed E-state index contributed by atoms with van der Waals surface area (Å²) in [5.74, 6) is 0.0599. The number of thioether (sulfide) groups is 1. The molecular weight excluding hydrogens is 372 g/mol. The van der Waals surface area contributed by atoms with Gasteiger partial charge in [-0.3, -0.25) is 14.5 Å². The number of hydrogen-bond acceptors (Lipinski definition) is 5. The van der Waals surface area contributed by atoms with Crippen molar-refractivity contribution in [2.24, 2.45) is 0 Å². The Balaban J connectivity index is 1.60. The highest BCUT2D eigenvalue weighted by Gasteiger charge is 2.33. The molecule has 0 unspecified atom stereocenters. The van der Waals surface area contributed by atoms with Gasteiger partial charge in [0.15, 0.2) is 0 Å². The molecule has 2 aliphatic heterocycles. The van der Waals surface area contributed by atoms with Crippen molar-refractivity contribution in [2.75, 3.05) is 13.1 Å². The number of piperidine rings is 1. The van der Waals surface area contributed by atoms with Gasteiger partial charge in [0.25, 0.3) is 5.91 Å². The Morgan fingerprint density at radius 1 is 1.44 bits per heavy atom. The third-order valence-electron chi connectivity index (χ3n) is 4.66. The molecule has 134 valence electrons. The van der Waals surface area contributed by atoms with E-state index in [-0.39, 0.29) is 11.8 Å². The summed E-state index contributed by atoms with van der Waals surface area (Å²) in [6.45, 7) is 3.35. The van der Waals surface area contributed by atoms with E-state index in [1.54, 1.807) is 16.2 Å². The van der Waals surface area contributed by atoms with Gasteiger partial charge in [-0.2, -0.15) is 0 Å². The van der Waals surface area contributed by atoms with Gasteiger partial charge in [-0.25, -0.2) is 0 Å². The van der Waals surface area contributed by atoms with E-state index in [4.69, 9.17) is 12.2 Å². The van der Waals surface area contributed by atoms with Gasteiger partial charge in [0.05, 0.1) is 4.91 Å². The molecule has 1 aromatic heterocycles. The minimum absolute atomic E-state index is 0.0816. The summed E-state index contributed by atoms with van der Waals surface area (Å²) in [6, 6.07) is 4.28. The lowest BCUT2D eigenvalue weighted by Gasteiger charge is -2.35. The van der Waals surface area contributed by atoms with Crippen molar-refractivity contribution < 1.29 is 9.59 Å². The summed E-state index contributed by atoms with van der Waals surface area (Å²) >= 11 is 8.26. The average Bonchev–Trinajstić information content (AvgIpc) is 3.22. The van der Waals surface area contributed by atoms with Crippen LogP contribution in [-0.2, 0) is 9.59 Å². The Bertz CT molecular complexity index is 685. The predicted molar refractivity (Wildman–Crippen MR) is 108 cm³/mol. The van der Waals surface area contributed by atoms with Gasteiger partial charge in [-0.05, 0) is 43.2 Å². The number of carbonyl (C=O) groups excluding carboxylic acids is 2. The summed E-state index contributed by atoms with van der Waals surface area (Å²) < 4.78 is 0.547. The van der Waals surface area contributed by atoms with Crippen LogP contribution in [0.5, 0.6) is 0 Å². The van der Waals surface area contributed by atoms with Crippen molar-refractivity contribution in [3.63, 3.8) is 0 Å². The summed E-state index contributed by atoms with van der Waals surface area (Å²) in [7, 11) is 0. The number of nitrogens with zero attached hydrogens (tertiary/aromatic N) is 2. The molecule has 1 atom stereocenters. The molecule has 0 N–H and O–H groups in total. The molecule has 3 rings (SSSR count). The topological polar surface area (TPSA) is 40.6 Å². The smallest absolute Gasteiger partial charge is 0.266 e. The Kier molecular flexibility index (Phi) is 6.30. The summed E-state index contributed by atoms with van der Waals surface area (Å²) in [4.78, 5) is 30.4. The number of carbonyl (C=O) groups is 2. The van der Waals surface area contributed by atoms with Gasteiger partial charge in [0, 0.05) is 30.4 Å². The number of hydrogen-bond donors (Lipinski definition) is 0. The highest BCUT2D eigenvalue weighted by Crippen LogP contribution is 2.33. The molecule has 2 aliphatic rings. The van der Waals surface area contributed by atoms with E-state index in [2.05, 4.69) is 6.92 Å². The lowest BCUT2D eigenvalue weighted by atomic mass is 9.99. The molecule has 0 bridgehead atoms. The van der Waals surface area contributed by atoms with Crippen molar-refractivity contribution in [3.05, 3.63) is 27.3 Å². The first-order valence-electron chi connectivity index (χ1n) is 8.68. The highest BCUT2D eigenvalue weighted by molar-refractivity contribution is 8.26. The van der Waals surface area contributed by atoms with E-state index in [0.29, 0.717) is 28.2 Å².